The number of urea groups is 1. The molecule has 0 saturated carbocycles. The fourth-order valence-electron chi connectivity index (χ4n) is 2.88. The Morgan fingerprint density at radius 1 is 1.35 bits per heavy atom. The Morgan fingerprint density at radius 2 is 2.09 bits per heavy atom. The zero-order valence-electron chi connectivity index (χ0n) is 14.5. The number of rotatable bonds is 6. The molecule has 1 aliphatic heterocycles. The van der Waals surface area contributed by atoms with Gasteiger partial charge in [0.05, 0.1) is 14.2 Å². The minimum Gasteiger partial charge on any atom is -0.493 e. The van der Waals surface area contributed by atoms with E-state index in [1.165, 1.54) is 0 Å². The Kier molecular flexibility index (Phi) is 6.10. The molecule has 1 aliphatic rings. The summed E-state index contributed by atoms with van der Waals surface area (Å²) < 4.78 is 10.5. The number of nitrogens with one attached hydrogen (secondary N) is 1. The molecule has 1 saturated heterocycles. The Balaban J connectivity index is 1.85. The zero-order chi connectivity index (χ0) is 16.8. The van der Waals surface area contributed by atoms with E-state index in [1.807, 2.05) is 18.2 Å². The molecular formula is C17H27N3O3. The Hall–Kier alpha value is -1.95. The number of amides is 2. The Bertz CT molecular complexity index is 536. The van der Waals surface area contributed by atoms with Gasteiger partial charge in [-0.2, -0.15) is 0 Å². The lowest BCUT2D eigenvalue weighted by Gasteiger charge is -2.20. The van der Waals surface area contributed by atoms with Crippen LogP contribution in [0.25, 0.3) is 0 Å². The second-order valence-corrected chi connectivity index (χ2v) is 6.15. The topological polar surface area (TPSA) is 54.0 Å². The van der Waals surface area contributed by atoms with Gasteiger partial charge in [0.2, 0.25) is 0 Å². The van der Waals surface area contributed by atoms with E-state index in [1.54, 1.807) is 26.2 Å². The van der Waals surface area contributed by atoms with E-state index in [0.717, 1.165) is 31.6 Å². The number of nitrogens with zero attached hydrogens (tertiary/aromatic N) is 2. The summed E-state index contributed by atoms with van der Waals surface area (Å²) in [7, 11) is 7.13. The number of ether oxygens (including phenoxy) is 2. The number of benzene rings is 1. The van der Waals surface area contributed by atoms with Gasteiger partial charge < -0.3 is 24.6 Å². The maximum atomic E-state index is 12.2. The number of methoxy groups -OCH3 is 2. The normalized spacial score (nSPS) is 17.8. The predicted molar refractivity (Wildman–Crippen MR) is 90.0 cm³/mol. The van der Waals surface area contributed by atoms with E-state index in [-0.39, 0.29) is 6.03 Å². The van der Waals surface area contributed by atoms with Crippen molar-refractivity contribution in [3.05, 3.63) is 23.8 Å². The molecule has 1 fully saturated rings. The van der Waals surface area contributed by atoms with Crippen LogP contribution in [-0.2, 0) is 6.54 Å². The summed E-state index contributed by atoms with van der Waals surface area (Å²) >= 11 is 0. The summed E-state index contributed by atoms with van der Waals surface area (Å²) in [5.41, 5.74) is 1.00. The lowest BCUT2D eigenvalue weighted by atomic mass is 10.1. The molecule has 2 rings (SSSR count). The maximum Gasteiger partial charge on any atom is 0.317 e. The van der Waals surface area contributed by atoms with E-state index in [4.69, 9.17) is 9.47 Å². The highest BCUT2D eigenvalue weighted by Gasteiger charge is 2.20. The lowest BCUT2D eigenvalue weighted by Crippen LogP contribution is -2.39. The molecule has 1 atom stereocenters. The van der Waals surface area contributed by atoms with Crippen LogP contribution in [0.3, 0.4) is 0 Å². The molecule has 0 spiro atoms. The summed E-state index contributed by atoms with van der Waals surface area (Å²) in [5, 5.41) is 3.02. The van der Waals surface area contributed by atoms with E-state index in [9.17, 15) is 4.79 Å². The van der Waals surface area contributed by atoms with Crippen LogP contribution in [0.15, 0.2) is 18.2 Å². The van der Waals surface area contributed by atoms with Crippen molar-refractivity contribution in [2.24, 2.45) is 5.92 Å². The van der Waals surface area contributed by atoms with Crippen LogP contribution < -0.4 is 14.8 Å². The third kappa shape index (κ3) is 4.76. The standard InChI is InChI=1S/C17H27N3O3/c1-19-8-7-14(11-19)10-18-17(21)20(2)12-13-5-6-15(22-3)16(9-13)23-4/h5-6,9,14H,7-8,10-12H2,1-4H3,(H,18,21). The largest absolute Gasteiger partial charge is 0.493 e. The van der Waals surface area contributed by atoms with Crippen LogP contribution >= 0.6 is 0 Å². The van der Waals surface area contributed by atoms with E-state index in [0.29, 0.717) is 24.0 Å². The highest BCUT2D eigenvalue weighted by Crippen LogP contribution is 2.27. The zero-order valence-corrected chi connectivity index (χ0v) is 14.5. The molecule has 1 aromatic carbocycles. The first kappa shape index (κ1) is 17.4. The quantitative estimate of drug-likeness (QED) is 0.868. The SMILES string of the molecule is COc1ccc(CN(C)C(=O)NCC2CCN(C)C2)cc1OC. The predicted octanol–water partition coefficient (Wildman–Crippen LogP) is 1.80. The highest BCUT2D eigenvalue weighted by molar-refractivity contribution is 5.73. The molecule has 0 aliphatic carbocycles. The number of hydrogen-bond donors (Lipinski definition) is 1. The number of likely N-dealkylation sites (tertiary alicyclic amines) is 1. The first-order chi connectivity index (χ1) is 11.0. The van der Waals surface area contributed by atoms with Gasteiger partial charge >= 0.3 is 6.03 Å². The average molecular weight is 321 g/mol. The van der Waals surface area contributed by atoms with Gasteiger partial charge in [-0.05, 0) is 43.6 Å². The van der Waals surface area contributed by atoms with Crippen molar-refractivity contribution in [1.82, 2.24) is 15.1 Å². The van der Waals surface area contributed by atoms with Crippen LogP contribution in [0, 0.1) is 5.92 Å². The van der Waals surface area contributed by atoms with E-state index < -0.39 is 0 Å². The fraction of sp³-hybridized carbons (Fsp3) is 0.588. The summed E-state index contributed by atoms with van der Waals surface area (Å²) in [6.45, 7) is 3.43. The third-order valence-corrected chi connectivity index (χ3v) is 4.25. The Labute approximate surface area is 138 Å². The highest BCUT2D eigenvalue weighted by atomic mass is 16.5. The molecule has 1 heterocycles. The molecule has 6 nitrogen and oxygen atoms in total. The minimum absolute atomic E-state index is 0.0469. The summed E-state index contributed by atoms with van der Waals surface area (Å²) in [4.78, 5) is 16.2. The van der Waals surface area contributed by atoms with Gasteiger partial charge in [-0.15, -0.1) is 0 Å². The fourth-order valence-corrected chi connectivity index (χ4v) is 2.88. The molecular weight excluding hydrogens is 294 g/mol. The van der Waals surface area contributed by atoms with Crippen molar-refractivity contribution in [3.8, 4) is 11.5 Å². The molecule has 128 valence electrons. The molecule has 1 aromatic rings. The van der Waals surface area contributed by atoms with Crippen molar-refractivity contribution in [2.45, 2.75) is 13.0 Å². The smallest absolute Gasteiger partial charge is 0.317 e. The second-order valence-electron chi connectivity index (χ2n) is 6.15. The molecule has 0 radical (unpaired) electrons. The van der Waals surface area contributed by atoms with Crippen LogP contribution in [0.5, 0.6) is 11.5 Å². The monoisotopic (exact) mass is 321 g/mol. The van der Waals surface area contributed by atoms with Gasteiger partial charge in [0, 0.05) is 26.7 Å². The number of hydrogen-bond acceptors (Lipinski definition) is 4. The van der Waals surface area contributed by atoms with Gasteiger partial charge in [-0.1, -0.05) is 6.07 Å². The van der Waals surface area contributed by atoms with Gasteiger partial charge in [-0.3, -0.25) is 0 Å². The van der Waals surface area contributed by atoms with Crippen molar-refractivity contribution in [2.75, 3.05) is 47.9 Å². The molecule has 23 heavy (non-hydrogen) atoms. The average Bonchev–Trinajstić information content (AvgIpc) is 2.97. The number of carbonyl (C=O) groups excluding carboxylic acids is 1. The molecule has 1 N–H and O–H groups in total. The van der Waals surface area contributed by atoms with Crippen molar-refractivity contribution in [1.29, 1.82) is 0 Å². The van der Waals surface area contributed by atoms with Crippen LogP contribution in [-0.4, -0.2) is 63.8 Å². The molecule has 6 heteroatoms. The molecule has 0 aromatic heterocycles. The second kappa shape index (κ2) is 8.06. The van der Waals surface area contributed by atoms with Gasteiger partial charge in [-0.25, -0.2) is 4.79 Å². The third-order valence-electron chi connectivity index (χ3n) is 4.25. The van der Waals surface area contributed by atoms with Crippen LogP contribution in [0.1, 0.15) is 12.0 Å². The first-order valence-corrected chi connectivity index (χ1v) is 7.92. The van der Waals surface area contributed by atoms with Crippen molar-refractivity contribution in [3.63, 3.8) is 0 Å². The minimum atomic E-state index is -0.0469. The molecule has 2 amide bonds. The van der Waals surface area contributed by atoms with E-state index >= 15 is 0 Å². The summed E-state index contributed by atoms with van der Waals surface area (Å²) in [6.07, 6.45) is 1.15. The Morgan fingerprint density at radius 3 is 2.70 bits per heavy atom. The van der Waals surface area contributed by atoms with Crippen molar-refractivity contribution >= 4 is 6.03 Å². The maximum absolute atomic E-state index is 12.2. The van der Waals surface area contributed by atoms with E-state index in [2.05, 4.69) is 17.3 Å². The van der Waals surface area contributed by atoms with Crippen LogP contribution in [0.4, 0.5) is 4.79 Å². The first-order valence-electron chi connectivity index (χ1n) is 7.92. The van der Waals surface area contributed by atoms with Gasteiger partial charge in [0.25, 0.3) is 0 Å². The molecule has 1 unspecified atom stereocenters. The van der Waals surface area contributed by atoms with Gasteiger partial charge in [0.1, 0.15) is 0 Å². The lowest BCUT2D eigenvalue weighted by molar-refractivity contribution is 0.205. The van der Waals surface area contributed by atoms with Crippen molar-refractivity contribution < 1.29 is 14.3 Å². The van der Waals surface area contributed by atoms with Crippen LogP contribution in [0.2, 0.25) is 0 Å². The number of carbonyl (C=O) groups is 1. The molecule has 0 bridgehead atoms. The summed E-state index contributed by atoms with van der Waals surface area (Å²) in [6, 6.07) is 5.65. The summed E-state index contributed by atoms with van der Waals surface area (Å²) in [5.74, 6) is 1.92. The van der Waals surface area contributed by atoms with Gasteiger partial charge in [0.15, 0.2) is 11.5 Å².